The van der Waals surface area contributed by atoms with Gasteiger partial charge in [0, 0.05) is 0 Å². The van der Waals surface area contributed by atoms with Gasteiger partial charge in [-0.1, -0.05) is 23.7 Å². The molecule has 1 saturated carbocycles. The number of hydrogen-bond acceptors (Lipinski definition) is 3. The Balaban J connectivity index is 1.77. The Labute approximate surface area is 127 Å². The van der Waals surface area contributed by atoms with Crippen molar-refractivity contribution in [1.29, 1.82) is 0 Å². The van der Waals surface area contributed by atoms with Crippen LogP contribution in [0.5, 0.6) is 0 Å². The Morgan fingerprint density at radius 1 is 1.33 bits per heavy atom. The molecule has 1 aromatic carbocycles. The van der Waals surface area contributed by atoms with Crippen LogP contribution in [0.1, 0.15) is 25.7 Å². The lowest BCUT2D eigenvalue weighted by Crippen LogP contribution is -2.40. The first kappa shape index (κ1) is 14.2. The van der Waals surface area contributed by atoms with Gasteiger partial charge in [0.05, 0.1) is 23.2 Å². The Morgan fingerprint density at radius 3 is 2.62 bits per heavy atom. The van der Waals surface area contributed by atoms with Crippen LogP contribution in [0.3, 0.4) is 0 Å². The number of halogens is 1. The van der Waals surface area contributed by atoms with Crippen LogP contribution < -0.4 is 4.90 Å². The number of hydrogen-bond donors (Lipinski definition) is 1. The minimum absolute atomic E-state index is 0.330. The smallest absolute Gasteiger partial charge is 0.415 e. The molecule has 1 amide bonds. The first-order valence-corrected chi connectivity index (χ1v) is 7.36. The highest BCUT2D eigenvalue weighted by Crippen LogP contribution is 2.41. The molecule has 112 valence electrons. The van der Waals surface area contributed by atoms with Crippen molar-refractivity contribution in [3.05, 3.63) is 29.3 Å². The van der Waals surface area contributed by atoms with Gasteiger partial charge in [-0.3, -0.25) is 9.69 Å². The molecule has 1 saturated heterocycles. The van der Waals surface area contributed by atoms with Crippen molar-refractivity contribution in [3.63, 3.8) is 0 Å². The number of ether oxygens (including phenoxy) is 1. The molecule has 0 atom stereocenters. The second kappa shape index (κ2) is 5.22. The molecule has 2 fully saturated rings. The van der Waals surface area contributed by atoms with E-state index in [4.69, 9.17) is 21.4 Å². The molecule has 1 aliphatic heterocycles. The Bertz CT molecular complexity index is 581. The Hall–Kier alpha value is -1.75. The van der Waals surface area contributed by atoms with E-state index in [0.29, 0.717) is 42.9 Å². The van der Waals surface area contributed by atoms with E-state index in [1.807, 2.05) is 6.07 Å². The van der Waals surface area contributed by atoms with E-state index >= 15 is 0 Å². The molecular weight excluding hydrogens is 294 g/mol. The highest BCUT2D eigenvalue weighted by atomic mass is 35.5. The van der Waals surface area contributed by atoms with Crippen LogP contribution in [-0.2, 0) is 9.53 Å². The molecule has 1 aromatic rings. The third-order valence-electron chi connectivity index (χ3n) is 4.36. The number of rotatable bonds is 2. The monoisotopic (exact) mass is 309 g/mol. The van der Waals surface area contributed by atoms with Crippen LogP contribution in [-0.4, -0.2) is 29.3 Å². The van der Waals surface area contributed by atoms with E-state index in [0.717, 1.165) is 0 Å². The quantitative estimate of drug-likeness (QED) is 0.910. The second-order valence-corrected chi connectivity index (χ2v) is 6.11. The van der Waals surface area contributed by atoms with Crippen LogP contribution in [0.4, 0.5) is 10.5 Å². The van der Waals surface area contributed by atoms with Gasteiger partial charge in [-0.15, -0.1) is 0 Å². The number of aliphatic carboxylic acids is 1. The molecule has 21 heavy (non-hydrogen) atoms. The predicted molar refractivity (Wildman–Crippen MR) is 77.6 cm³/mol. The average Bonchev–Trinajstić information content (AvgIpc) is 2.76. The highest BCUT2D eigenvalue weighted by Gasteiger charge is 2.48. The largest absolute Gasteiger partial charge is 0.481 e. The van der Waals surface area contributed by atoms with Gasteiger partial charge in [0.25, 0.3) is 0 Å². The number of amides is 1. The zero-order valence-corrected chi connectivity index (χ0v) is 12.2. The fourth-order valence-corrected chi connectivity index (χ4v) is 3.37. The lowest BCUT2D eigenvalue weighted by atomic mass is 9.79. The highest BCUT2D eigenvalue weighted by molar-refractivity contribution is 6.33. The van der Waals surface area contributed by atoms with Crippen LogP contribution in [0.2, 0.25) is 5.02 Å². The van der Waals surface area contributed by atoms with E-state index in [1.165, 1.54) is 0 Å². The van der Waals surface area contributed by atoms with Crippen molar-refractivity contribution >= 4 is 29.4 Å². The lowest BCUT2D eigenvalue weighted by Gasteiger charge is -2.33. The maximum atomic E-state index is 12.1. The predicted octanol–water partition coefficient (Wildman–Crippen LogP) is 3.31. The molecule has 0 unspecified atom stereocenters. The number of carbonyl (C=O) groups excluding carboxylic acids is 1. The third-order valence-corrected chi connectivity index (χ3v) is 4.68. The number of para-hydroxylation sites is 1. The first-order valence-electron chi connectivity index (χ1n) is 6.99. The molecule has 0 bridgehead atoms. The number of carbonyl (C=O) groups is 2. The zero-order chi connectivity index (χ0) is 15.0. The van der Waals surface area contributed by atoms with Crippen LogP contribution in [0, 0.1) is 5.92 Å². The molecule has 1 heterocycles. The maximum absolute atomic E-state index is 12.1. The summed E-state index contributed by atoms with van der Waals surface area (Å²) in [5.41, 5.74) is 0.0729. The summed E-state index contributed by atoms with van der Waals surface area (Å²) in [6, 6.07) is 7.14. The van der Waals surface area contributed by atoms with Crippen molar-refractivity contribution in [2.24, 2.45) is 5.92 Å². The summed E-state index contributed by atoms with van der Waals surface area (Å²) in [5.74, 6) is -1.10. The molecule has 3 rings (SSSR count). The van der Waals surface area contributed by atoms with E-state index in [-0.39, 0.29) is 5.92 Å². The average molecular weight is 310 g/mol. The normalized spacial score (nSPS) is 28.7. The molecule has 1 N–H and O–H groups in total. The second-order valence-electron chi connectivity index (χ2n) is 5.70. The van der Waals surface area contributed by atoms with E-state index < -0.39 is 17.7 Å². The Morgan fingerprint density at radius 2 is 2.00 bits per heavy atom. The number of anilines is 1. The number of benzene rings is 1. The number of carboxylic acids is 1. The van der Waals surface area contributed by atoms with Crippen molar-refractivity contribution in [2.75, 3.05) is 11.4 Å². The van der Waals surface area contributed by atoms with Crippen molar-refractivity contribution in [1.82, 2.24) is 0 Å². The zero-order valence-electron chi connectivity index (χ0n) is 11.4. The van der Waals surface area contributed by atoms with Crippen LogP contribution in [0.25, 0.3) is 0 Å². The van der Waals surface area contributed by atoms with Crippen LogP contribution in [0.15, 0.2) is 24.3 Å². The van der Waals surface area contributed by atoms with Crippen molar-refractivity contribution < 1.29 is 19.4 Å². The molecule has 5 nitrogen and oxygen atoms in total. The summed E-state index contributed by atoms with van der Waals surface area (Å²) in [6.45, 7) is 0.432. The molecule has 0 aromatic heterocycles. The summed E-state index contributed by atoms with van der Waals surface area (Å²) in [7, 11) is 0. The summed E-state index contributed by atoms with van der Waals surface area (Å²) in [6.07, 6.45) is 1.84. The topological polar surface area (TPSA) is 66.8 Å². The van der Waals surface area contributed by atoms with Crippen molar-refractivity contribution in [2.45, 2.75) is 31.3 Å². The summed E-state index contributed by atoms with van der Waals surface area (Å²) >= 11 is 6.13. The maximum Gasteiger partial charge on any atom is 0.415 e. The SMILES string of the molecule is O=C1O[C@]2(CC[C@H](C(=O)O)CC2)CN1c1ccccc1Cl. The standard InChI is InChI=1S/C15H16ClNO4/c16-11-3-1-2-4-12(11)17-9-15(21-14(17)20)7-5-10(6-8-15)13(18)19/h1-4,10H,5-9H2,(H,18,19)/t10-,15-. The van der Waals surface area contributed by atoms with E-state index in [2.05, 4.69) is 0 Å². The van der Waals surface area contributed by atoms with Gasteiger partial charge in [-0.25, -0.2) is 4.79 Å². The Kier molecular flexibility index (Phi) is 3.53. The summed E-state index contributed by atoms with van der Waals surface area (Å²) in [5, 5.41) is 9.56. The third kappa shape index (κ3) is 2.58. The van der Waals surface area contributed by atoms with Gasteiger partial charge < -0.3 is 9.84 Å². The molecule has 0 radical (unpaired) electrons. The molecule has 2 aliphatic rings. The van der Waals surface area contributed by atoms with Gasteiger partial charge in [-0.2, -0.15) is 0 Å². The van der Waals surface area contributed by atoms with E-state index in [1.54, 1.807) is 23.1 Å². The van der Waals surface area contributed by atoms with Gasteiger partial charge in [0.2, 0.25) is 0 Å². The van der Waals surface area contributed by atoms with Gasteiger partial charge >= 0.3 is 12.1 Å². The minimum Gasteiger partial charge on any atom is -0.481 e. The molecule has 6 heteroatoms. The number of nitrogens with zero attached hydrogens (tertiary/aromatic N) is 1. The van der Waals surface area contributed by atoms with Crippen LogP contribution >= 0.6 is 11.6 Å². The van der Waals surface area contributed by atoms with E-state index in [9.17, 15) is 9.59 Å². The van der Waals surface area contributed by atoms with Gasteiger partial charge in [0.1, 0.15) is 5.60 Å². The molecular formula is C15H16ClNO4. The van der Waals surface area contributed by atoms with Crippen molar-refractivity contribution in [3.8, 4) is 0 Å². The fourth-order valence-electron chi connectivity index (χ4n) is 3.13. The lowest BCUT2D eigenvalue weighted by molar-refractivity contribution is -0.144. The number of carboxylic acid groups (broad SMARTS) is 1. The molecule has 1 spiro atoms. The summed E-state index contributed by atoms with van der Waals surface area (Å²) < 4.78 is 5.58. The molecule has 1 aliphatic carbocycles. The first-order chi connectivity index (χ1) is 10.0. The van der Waals surface area contributed by atoms with Gasteiger partial charge in [0.15, 0.2) is 0 Å². The van der Waals surface area contributed by atoms with Gasteiger partial charge in [-0.05, 0) is 37.8 Å². The fraction of sp³-hybridized carbons (Fsp3) is 0.467. The summed E-state index contributed by atoms with van der Waals surface area (Å²) in [4.78, 5) is 24.7. The minimum atomic E-state index is -0.767.